The first-order valence-corrected chi connectivity index (χ1v) is 10.4. The third kappa shape index (κ3) is 3.83. The summed E-state index contributed by atoms with van der Waals surface area (Å²) < 4.78 is 0.845. The van der Waals surface area contributed by atoms with E-state index in [1.807, 2.05) is 66.7 Å². The summed E-state index contributed by atoms with van der Waals surface area (Å²) in [6.07, 6.45) is 0. The molecule has 3 aromatic rings. The summed E-state index contributed by atoms with van der Waals surface area (Å²) in [7, 11) is 0. The Kier molecular flexibility index (Phi) is 5.49. The highest BCUT2D eigenvalue weighted by molar-refractivity contribution is 9.10. The average molecular weight is 449 g/mol. The Morgan fingerprint density at radius 3 is 2.41 bits per heavy atom. The molecule has 1 aliphatic rings. The first kappa shape index (κ1) is 19.4. The number of carbonyl (C=O) groups is 2. The fourth-order valence-corrected chi connectivity index (χ4v) is 4.14. The number of hydrogen-bond donors (Lipinski definition) is 0. The number of rotatable bonds is 3. The van der Waals surface area contributed by atoms with Crippen molar-refractivity contribution in [1.29, 1.82) is 0 Å². The van der Waals surface area contributed by atoms with Gasteiger partial charge in [0.05, 0.1) is 5.69 Å². The number of hydrogen-bond acceptors (Lipinski definition) is 2. The Morgan fingerprint density at radius 2 is 1.66 bits per heavy atom. The van der Waals surface area contributed by atoms with Crippen molar-refractivity contribution >= 4 is 33.4 Å². The molecule has 1 heterocycles. The van der Waals surface area contributed by atoms with Crippen LogP contribution in [0.3, 0.4) is 0 Å². The molecule has 0 unspecified atom stereocenters. The topological polar surface area (TPSA) is 40.6 Å². The second-order valence-corrected chi connectivity index (χ2v) is 7.97. The zero-order valence-electron chi connectivity index (χ0n) is 16.1. The molecule has 0 aromatic heterocycles. The van der Waals surface area contributed by atoms with Gasteiger partial charge in [0.1, 0.15) is 6.04 Å². The molecule has 0 saturated carbocycles. The highest BCUT2D eigenvalue weighted by atomic mass is 79.9. The van der Waals surface area contributed by atoms with Gasteiger partial charge in [0.2, 0.25) is 5.91 Å². The Labute approximate surface area is 178 Å². The molecule has 5 heteroatoms. The van der Waals surface area contributed by atoms with Gasteiger partial charge in [-0.15, -0.1) is 0 Å². The van der Waals surface area contributed by atoms with Crippen molar-refractivity contribution in [3.8, 4) is 11.1 Å². The maximum Gasteiger partial charge on any atom is 0.254 e. The van der Waals surface area contributed by atoms with E-state index in [1.165, 1.54) is 0 Å². The molecule has 29 heavy (non-hydrogen) atoms. The predicted molar refractivity (Wildman–Crippen MR) is 119 cm³/mol. The van der Waals surface area contributed by atoms with Crippen LogP contribution >= 0.6 is 15.9 Å². The minimum atomic E-state index is -0.529. The van der Waals surface area contributed by atoms with Crippen molar-refractivity contribution in [3.05, 3.63) is 88.9 Å². The minimum Gasteiger partial charge on any atom is -0.325 e. The van der Waals surface area contributed by atoms with Gasteiger partial charge in [-0.05, 0) is 36.8 Å². The first-order chi connectivity index (χ1) is 14.1. The summed E-state index contributed by atoms with van der Waals surface area (Å²) in [6, 6.07) is 24.7. The molecular weight excluding hydrogens is 428 g/mol. The van der Waals surface area contributed by atoms with Crippen molar-refractivity contribution in [2.45, 2.75) is 13.0 Å². The third-order valence-electron chi connectivity index (χ3n) is 5.27. The van der Waals surface area contributed by atoms with Gasteiger partial charge in [0.25, 0.3) is 5.91 Å². The predicted octanol–water partition coefficient (Wildman–Crippen LogP) is 4.99. The van der Waals surface area contributed by atoms with Crippen LogP contribution < -0.4 is 4.90 Å². The summed E-state index contributed by atoms with van der Waals surface area (Å²) in [4.78, 5) is 29.7. The lowest BCUT2D eigenvalue weighted by Gasteiger charge is -2.39. The highest BCUT2D eigenvalue weighted by Gasteiger charge is 2.36. The SMILES string of the molecule is C[C@@H]1C(=O)N(c2ccccc2-c2ccccc2)CCN1C(=O)c1cccc(Br)c1. The van der Waals surface area contributed by atoms with Crippen LogP contribution in [0.25, 0.3) is 11.1 Å². The van der Waals surface area contributed by atoms with E-state index in [9.17, 15) is 9.59 Å². The monoisotopic (exact) mass is 448 g/mol. The van der Waals surface area contributed by atoms with Gasteiger partial charge in [-0.3, -0.25) is 9.59 Å². The largest absolute Gasteiger partial charge is 0.325 e. The number of amides is 2. The normalized spacial score (nSPS) is 16.8. The Morgan fingerprint density at radius 1 is 0.931 bits per heavy atom. The van der Waals surface area contributed by atoms with Crippen LogP contribution in [-0.4, -0.2) is 35.8 Å². The van der Waals surface area contributed by atoms with E-state index in [0.717, 1.165) is 21.3 Å². The fourth-order valence-electron chi connectivity index (χ4n) is 3.75. The van der Waals surface area contributed by atoms with Crippen molar-refractivity contribution < 1.29 is 9.59 Å². The van der Waals surface area contributed by atoms with E-state index in [-0.39, 0.29) is 11.8 Å². The van der Waals surface area contributed by atoms with E-state index >= 15 is 0 Å². The summed E-state index contributed by atoms with van der Waals surface area (Å²) in [5, 5.41) is 0. The lowest BCUT2D eigenvalue weighted by Crippen LogP contribution is -2.57. The first-order valence-electron chi connectivity index (χ1n) is 9.58. The third-order valence-corrected chi connectivity index (χ3v) is 5.76. The molecule has 0 spiro atoms. The van der Waals surface area contributed by atoms with Crippen LogP contribution in [0, 0.1) is 0 Å². The molecule has 0 radical (unpaired) electrons. The molecular formula is C24H21BrN2O2. The molecule has 1 aliphatic heterocycles. The maximum absolute atomic E-state index is 13.2. The van der Waals surface area contributed by atoms with Crippen LogP contribution in [0.15, 0.2) is 83.3 Å². The van der Waals surface area contributed by atoms with Gasteiger partial charge in [0.15, 0.2) is 0 Å². The Hall–Kier alpha value is -2.92. The summed E-state index contributed by atoms with van der Waals surface area (Å²) in [6.45, 7) is 2.75. The molecule has 1 saturated heterocycles. The fraction of sp³-hybridized carbons (Fsp3) is 0.167. The van der Waals surface area contributed by atoms with Crippen LogP contribution in [0.5, 0.6) is 0 Å². The van der Waals surface area contributed by atoms with Gasteiger partial charge in [-0.2, -0.15) is 0 Å². The number of benzene rings is 3. The number of nitrogens with zero attached hydrogens (tertiary/aromatic N) is 2. The molecule has 1 fully saturated rings. The van der Waals surface area contributed by atoms with Crippen LogP contribution in [0.1, 0.15) is 17.3 Å². The Balaban J connectivity index is 1.61. The van der Waals surface area contributed by atoms with E-state index in [4.69, 9.17) is 0 Å². The molecule has 1 atom stereocenters. The van der Waals surface area contributed by atoms with Gasteiger partial charge >= 0.3 is 0 Å². The zero-order chi connectivity index (χ0) is 20.4. The quantitative estimate of drug-likeness (QED) is 0.565. The van der Waals surface area contributed by atoms with E-state index in [1.54, 1.807) is 28.9 Å². The highest BCUT2D eigenvalue weighted by Crippen LogP contribution is 2.32. The van der Waals surface area contributed by atoms with Crippen molar-refractivity contribution in [3.63, 3.8) is 0 Å². The summed E-state index contributed by atoms with van der Waals surface area (Å²) >= 11 is 3.41. The molecule has 0 bridgehead atoms. The van der Waals surface area contributed by atoms with Crippen molar-refractivity contribution in [2.24, 2.45) is 0 Å². The van der Waals surface area contributed by atoms with Gasteiger partial charge in [-0.1, -0.05) is 70.5 Å². The minimum absolute atomic E-state index is 0.0667. The van der Waals surface area contributed by atoms with Crippen molar-refractivity contribution in [2.75, 3.05) is 18.0 Å². The number of piperazine rings is 1. The Bertz CT molecular complexity index is 1050. The standard InChI is InChI=1S/C24H21BrN2O2/c1-17-23(28)27(15-14-26(17)24(29)19-10-7-11-20(25)16-19)22-13-6-5-12-21(22)18-8-3-2-4-9-18/h2-13,16-17H,14-15H2,1H3/t17-/m1/s1. The molecule has 2 amide bonds. The van der Waals surface area contributed by atoms with Gasteiger partial charge in [-0.25, -0.2) is 0 Å². The van der Waals surface area contributed by atoms with E-state index < -0.39 is 6.04 Å². The van der Waals surface area contributed by atoms with Crippen LogP contribution in [0.4, 0.5) is 5.69 Å². The molecule has 4 nitrogen and oxygen atoms in total. The second kappa shape index (κ2) is 8.21. The molecule has 0 N–H and O–H groups in total. The average Bonchev–Trinajstić information content (AvgIpc) is 2.76. The lowest BCUT2D eigenvalue weighted by molar-refractivity contribution is -0.124. The van der Waals surface area contributed by atoms with Crippen LogP contribution in [0.2, 0.25) is 0 Å². The van der Waals surface area contributed by atoms with Gasteiger partial charge < -0.3 is 9.80 Å². The summed E-state index contributed by atoms with van der Waals surface area (Å²) in [5.41, 5.74) is 3.54. The number of halogens is 1. The van der Waals surface area contributed by atoms with Crippen molar-refractivity contribution in [1.82, 2.24) is 4.90 Å². The summed E-state index contributed by atoms with van der Waals surface area (Å²) in [5.74, 6) is -0.189. The molecule has 3 aromatic carbocycles. The maximum atomic E-state index is 13.2. The van der Waals surface area contributed by atoms with Gasteiger partial charge in [0, 0.05) is 28.7 Å². The zero-order valence-corrected chi connectivity index (χ0v) is 17.7. The number of para-hydroxylation sites is 1. The molecule has 146 valence electrons. The second-order valence-electron chi connectivity index (χ2n) is 7.06. The smallest absolute Gasteiger partial charge is 0.254 e. The molecule has 0 aliphatic carbocycles. The van der Waals surface area contributed by atoms with E-state index in [0.29, 0.717) is 18.7 Å². The lowest BCUT2D eigenvalue weighted by atomic mass is 10.0. The number of anilines is 1. The molecule has 4 rings (SSSR count). The number of carbonyl (C=O) groups excluding carboxylic acids is 2. The van der Waals surface area contributed by atoms with Crippen LogP contribution in [-0.2, 0) is 4.79 Å². The van der Waals surface area contributed by atoms with E-state index in [2.05, 4.69) is 15.9 Å².